The number of rotatable bonds is 4. The Hall–Kier alpha value is -1.25. The van der Waals surface area contributed by atoms with Crippen LogP contribution in [-0.4, -0.2) is 6.26 Å². The van der Waals surface area contributed by atoms with E-state index in [9.17, 15) is 0 Å². The minimum absolute atomic E-state index is 0.0421. The molecule has 1 atom stereocenters. The minimum atomic E-state index is -0.0421. The Morgan fingerprint density at radius 3 is 2.33 bits per heavy atom. The number of hydrogen-bond donors (Lipinski definition) is 1. The van der Waals surface area contributed by atoms with Gasteiger partial charge in [-0.25, -0.2) is 0 Å². The van der Waals surface area contributed by atoms with E-state index in [0.29, 0.717) is 0 Å². The molecule has 0 fully saturated rings. The van der Waals surface area contributed by atoms with Gasteiger partial charge >= 0.3 is 0 Å². The van der Waals surface area contributed by atoms with Crippen molar-refractivity contribution in [3.63, 3.8) is 0 Å². The first-order valence-electron chi connectivity index (χ1n) is 6.23. The van der Waals surface area contributed by atoms with Gasteiger partial charge in [0, 0.05) is 4.90 Å². The molecule has 0 aliphatic carbocycles. The van der Waals surface area contributed by atoms with Crippen LogP contribution in [0.2, 0.25) is 0 Å². The number of aryl methyl sites for hydroxylation is 1. The first kappa shape index (κ1) is 13.2. The zero-order chi connectivity index (χ0) is 13.0. The summed E-state index contributed by atoms with van der Waals surface area (Å²) >= 11 is 1.75. The van der Waals surface area contributed by atoms with Crippen LogP contribution in [0.15, 0.2) is 53.4 Å². The maximum Gasteiger partial charge on any atom is 0.0562 e. The van der Waals surface area contributed by atoms with E-state index in [1.165, 1.54) is 21.6 Å². The highest BCUT2D eigenvalue weighted by atomic mass is 32.2. The normalized spacial score (nSPS) is 12.4. The molecule has 2 aromatic rings. The van der Waals surface area contributed by atoms with Crippen LogP contribution in [0, 0.1) is 0 Å². The fraction of sp³-hybridized carbons (Fsp3) is 0.250. The van der Waals surface area contributed by atoms with E-state index in [2.05, 4.69) is 61.7 Å². The highest BCUT2D eigenvalue weighted by Gasteiger charge is 2.12. The van der Waals surface area contributed by atoms with Gasteiger partial charge in [-0.1, -0.05) is 49.4 Å². The second-order valence-electron chi connectivity index (χ2n) is 4.31. The van der Waals surface area contributed by atoms with Crippen LogP contribution in [0.25, 0.3) is 0 Å². The molecule has 0 amide bonds. The monoisotopic (exact) mass is 257 g/mol. The maximum absolute atomic E-state index is 6.37. The SMILES string of the molecule is CCc1ccc(C(N)c2ccccc2SC)cc1. The minimum Gasteiger partial charge on any atom is -0.320 e. The topological polar surface area (TPSA) is 26.0 Å². The zero-order valence-electron chi connectivity index (χ0n) is 10.9. The number of thioether (sulfide) groups is 1. The van der Waals surface area contributed by atoms with Crippen molar-refractivity contribution in [2.75, 3.05) is 6.26 Å². The molecule has 2 N–H and O–H groups in total. The lowest BCUT2D eigenvalue weighted by Gasteiger charge is -2.16. The van der Waals surface area contributed by atoms with E-state index in [1.54, 1.807) is 11.8 Å². The van der Waals surface area contributed by atoms with Crippen molar-refractivity contribution < 1.29 is 0 Å². The largest absolute Gasteiger partial charge is 0.320 e. The molecule has 0 aromatic heterocycles. The predicted molar refractivity (Wildman–Crippen MR) is 80.1 cm³/mol. The van der Waals surface area contributed by atoms with Gasteiger partial charge in [0.1, 0.15) is 0 Å². The van der Waals surface area contributed by atoms with Gasteiger partial charge in [-0.15, -0.1) is 11.8 Å². The highest BCUT2D eigenvalue weighted by molar-refractivity contribution is 7.98. The lowest BCUT2D eigenvalue weighted by atomic mass is 9.98. The summed E-state index contributed by atoms with van der Waals surface area (Å²) in [6.07, 6.45) is 3.16. The number of nitrogens with two attached hydrogens (primary N) is 1. The Morgan fingerprint density at radius 1 is 1.06 bits per heavy atom. The van der Waals surface area contributed by atoms with Crippen LogP contribution in [0.4, 0.5) is 0 Å². The predicted octanol–water partition coefficient (Wildman–Crippen LogP) is 4.02. The molecule has 0 radical (unpaired) electrons. The fourth-order valence-corrected chi connectivity index (χ4v) is 2.71. The Bertz CT molecular complexity index is 505. The number of hydrogen-bond acceptors (Lipinski definition) is 2. The van der Waals surface area contributed by atoms with E-state index in [4.69, 9.17) is 5.73 Å². The molecule has 1 nitrogen and oxygen atoms in total. The van der Waals surface area contributed by atoms with Gasteiger partial charge in [-0.3, -0.25) is 0 Å². The molecule has 1 unspecified atom stereocenters. The van der Waals surface area contributed by atoms with Crippen molar-refractivity contribution in [2.24, 2.45) is 5.73 Å². The lowest BCUT2D eigenvalue weighted by Crippen LogP contribution is -2.12. The van der Waals surface area contributed by atoms with Crippen molar-refractivity contribution in [2.45, 2.75) is 24.3 Å². The molecule has 2 rings (SSSR count). The molecular weight excluding hydrogens is 238 g/mol. The standard InChI is InChI=1S/C16H19NS/c1-3-12-8-10-13(11-9-12)16(17)14-6-4-5-7-15(14)18-2/h4-11,16H,3,17H2,1-2H3. The Kier molecular flexibility index (Phi) is 4.45. The summed E-state index contributed by atoms with van der Waals surface area (Å²) in [7, 11) is 0. The van der Waals surface area contributed by atoms with Crippen molar-refractivity contribution in [1.82, 2.24) is 0 Å². The van der Waals surface area contributed by atoms with Crippen LogP contribution in [0.5, 0.6) is 0 Å². The van der Waals surface area contributed by atoms with Crippen LogP contribution in [-0.2, 0) is 6.42 Å². The van der Waals surface area contributed by atoms with Gasteiger partial charge < -0.3 is 5.73 Å². The van der Waals surface area contributed by atoms with Gasteiger partial charge in [0.15, 0.2) is 0 Å². The average molecular weight is 257 g/mol. The Labute approximate surface area is 113 Å². The molecule has 94 valence electrons. The molecule has 0 spiro atoms. The molecule has 0 saturated carbocycles. The molecule has 0 heterocycles. The molecule has 0 aliphatic rings. The van der Waals surface area contributed by atoms with Gasteiger partial charge in [-0.05, 0) is 35.4 Å². The Morgan fingerprint density at radius 2 is 1.72 bits per heavy atom. The van der Waals surface area contributed by atoms with E-state index >= 15 is 0 Å². The molecule has 2 aromatic carbocycles. The second kappa shape index (κ2) is 6.07. The van der Waals surface area contributed by atoms with Crippen LogP contribution in [0.1, 0.15) is 29.7 Å². The maximum atomic E-state index is 6.37. The summed E-state index contributed by atoms with van der Waals surface area (Å²) < 4.78 is 0. The van der Waals surface area contributed by atoms with E-state index in [0.717, 1.165) is 6.42 Å². The van der Waals surface area contributed by atoms with Crippen molar-refractivity contribution >= 4 is 11.8 Å². The van der Waals surface area contributed by atoms with Gasteiger partial charge in [0.05, 0.1) is 6.04 Å². The second-order valence-corrected chi connectivity index (χ2v) is 5.16. The summed E-state index contributed by atoms with van der Waals surface area (Å²) in [4.78, 5) is 1.25. The van der Waals surface area contributed by atoms with Gasteiger partial charge in [0.25, 0.3) is 0 Å². The number of benzene rings is 2. The van der Waals surface area contributed by atoms with Gasteiger partial charge in [0.2, 0.25) is 0 Å². The fourth-order valence-electron chi connectivity index (χ4n) is 2.06. The molecule has 0 aliphatic heterocycles. The first-order chi connectivity index (χ1) is 8.76. The lowest BCUT2D eigenvalue weighted by molar-refractivity contribution is 0.847. The van der Waals surface area contributed by atoms with E-state index in [1.807, 2.05) is 0 Å². The van der Waals surface area contributed by atoms with Crippen LogP contribution < -0.4 is 5.73 Å². The van der Waals surface area contributed by atoms with Gasteiger partial charge in [-0.2, -0.15) is 0 Å². The van der Waals surface area contributed by atoms with E-state index < -0.39 is 0 Å². The third kappa shape index (κ3) is 2.77. The van der Waals surface area contributed by atoms with Crippen molar-refractivity contribution in [3.05, 3.63) is 65.2 Å². The quantitative estimate of drug-likeness (QED) is 0.837. The highest BCUT2D eigenvalue weighted by Crippen LogP contribution is 2.28. The summed E-state index contributed by atoms with van der Waals surface area (Å²) in [6.45, 7) is 2.16. The summed E-state index contributed by atoms with van der Waals surface area (Å²) in [5.41, 5.74) is 10.1. The summed E-state index contributed by atoms with van der Waals surface area (Å²) in [5.74, 6) is 0. The molecule has 0 bridgehead atoms. The summed E-state index contributed by atoms with van der Waals surface area (Å²) in [6, 6.07) is 16.9. The third-order valence-corrected chi connectivity index (χ3v) is 4.03. The van der Waals surface area contributed by atoms with Crippen LogP contribution >= 0.6 is 11.8 Å². The molecular formula is C16H19NS. The van der Waals surface area contributed by atoms with Crippen molar-refractivity contribution in [3.8, 4) is 0 Å². The third-order valence-electron chi connectivity index (χ3n) is 3.22. The summed E-state index contributed by atoms with van der Waals surface area (Å²) in [5, 5.41) is 0. The molecule has 18 heavy (non-hydrogen) atoms. The molecule has 2 heteroatoms. The zero-order valence-corrected chi connectivity index (χ0v) is 11.7. The Balaban J connectivity index is 2.31. The molecule has 0 saturated heterocycles. The smallest absolute Gasteiger partial charge is 0.0562 e. The first-order valence-corrected chi connectivity index (χ1v) is 7.46. The van der Waals surface area contributed by atoms with E-state index in [-0.39, 0.29) is 6.04 Å². The van der Waals surface area contributed by atoms with Crippen molar-refractivity contribution in [1.29, 1.82) is 0 Å². The average Bonchev–Trinajstić information content (AvgIpc) is 2.46. The van der Waals surface area contributed by atoms with Crippen LogP contribution in [0.3, 0.4) is 0 Å².